The second-order valence-electron chi connectivity index (χ2n) is 4.57. The Labute approximate surface area is 99.2 Å². The number of methoxy groups -OCH3 is 1. The van der Waals surface area contributed by atoms with Gasteiger partial charge in [-0.05, 0) is 26.7 Å². The average molecular weight is 240 g/mol. The number of anilines is 1. The number of ether oxygens (including phenoxy) is 1. The Hall–Kier alpha value is -1.10. The molecule has 2 rings (SSSR count). The maximum absolute atomic E-state index is 11.3. The van der Waals surface area contributed by atoms with Crippen LogP contribution in [0.25, 0.3) is 0 Å². The first-order valence-electron chi connectivity index (χ1n) is 5.36. The van der Waals surface area contributed by atoms with Gasteiger partial charge in [0.1, 0.15) is 4.88 Å². The molecule has 88 valence electrons. The van der Waals surface area contributed by atoms with Crippen LogP contribution in [-0.4, -0.2) is 30.1 Å². The van der Waals surface area contributed by atoms with Gasteiger partial charge in [0.05, 0.1) is 13.3 Å². The molecule has 1 saturated heterocycles. The molecule has 2 heterocycles. The predicted octanol–water partition coefficient (Wildman–Crippen LogP) is 2.31. The molecular weight excluding hydrogens is 224 g/mol. The molecule has 0 spiro atoms. The molecule has 5 heteroatoms. The number of esters is 1. The fourth-order valence-corrected chi connectivity index (χ4v) is 3.07. The van der Waals surface area contributed by atoms with E-state index in [0.29, 0.717) is 4.88 Å². The van der Waals surface area contributed by atoms with Crippen molar-refractivity contribution in [1.82, 2.24) is 4.98 Å². The maximum Gasteiger partial charge on any atom is 0.349 e. The largest absolute Gasteiger partial charge is 0.465 e. The van der Waals surface area contributed by atoms with Crippen molar-refractivity contribution in [3.05, 3.63) is 11.1 Å². The van der Waals surface area contributed by atoms with Gasteiger partial charge in [-0.25, -0.2) is 9.78 Å². The highest BCUT2D eigenvalue weighted by molar-refractivity contribution is 7.17. The molecule has 1 aliphatic heterocycles. The molecule has 1 aliphatic rings. The first-order chi connectivity index (χ1) is 7.54. The van der Waals surface area contributed by atoms with Crippen LogP contribution in [0.15, 0.2) is 6.20 Å². The second kappa shape index (κ2) is 4.05. The zero-order chi connectivity index (χ0) is 11.8. The lowest BCUT2D eigenvalue weighted by Crippen LogP contribution is -2.37. The van der Waals surface area contributed by atoms with Gasteiger partial charge >= 0.3 is 5.97 Å². The van der Waals surface area contributed by atoms with Crippen molar-refractivity contribution in [3.8, 4) is 0 Å². The summed E-state index contributed by atoms with van der Waals surface area (Å²) >= 11 is 1.41. The fraction of sp³-hybridized carbons (Fsp3) is 0.636. The van der Waals surface area contributed by atoms with E-state index in [0.717, 1.165) is 11.7 Å². The number of thiazole rings is 1. The SMILES string of the molecule is COC(=O)c1cnc(N2CCCC2(C)C)s1. The first kappa shape index (κ1) is 11.4. The summed E-state index contributed by atoms with van der Waals surface area (Å²) in [7, 11) is 1.39. The summed E-state index contributed by atoms with van der Waals surface area (Å²) in [5.41, 5.74) is 0.144. The summed E-state index contributed by atoms with van der Waals surface area (Å²) in [6, 6.07) is 0. The molecule has 1 aromatic heterocycles. The highest BCUT2D eigenvalue weighted by Gasteiger charge is 2.33. The van der Waals surface area contributed by atoms with E-state index in [9.17, 15) is 4.79 Å². The Bertz CT molecular complexity index is 400. The monoisotopic (exact) mass is 240 g/mol. The molecule has 0 aliphatic carbocycles. The lowest BCUT2D eigenvalue weighted by Gasteiger charge is -2.31. The van der Waals surface area contributed by atoms with E-state index in [-0.39, 0.29) is 11.5 Å². The highest BCUT2D eigenvalue weighted by atomic mass is 32.1. The van der Waals surface area contributed by atoms with Crippen molar-refractivity contribution in [2.24, 2.45) is 0 Å². The van der Waals surface area contributed by atoms with Gasteiger partial charge in [-0.1, -0.05) is 11.3 Å². The summed E-state index contributed by atoms with van der Waals surface area (Å²) in [4.78, 5) is 18.5. The lowest BCUT2D eigenvalue weighted by molar-refractivity contribution is 0.0606. The fourth-order valence-electron chi connectivity index (χ4n) is 2.05. The summed E-state index contributed by atoms with van der Waals surface area (Å²) in [6.45, 7) is 5.43. The van der Waals surface area contributed by atoms with E-state index in [1.165, 1.54) is 31.3 Å². The molecule has 16 heavy (non-hydrogen) atoms. The van der Waals surface area contributed by atoms with E-state index in [1.807, 2.05) is 0 Å². The van der Waals surface area contributed by atoms with Crippen molar-refractivity contribution in [3.63, 3.8) is 0 Å². The van der Waals surface area contributed by atoms with Gasteiger partial charge in [-0.3, -0.25) is 0 Å². The van der Waals surface area contributed by atoms with Gasteiger partial charge in [0.15, 0.2) is 5.13 Å². The van der Waals surface area contributed by atoms with Crippen LogP contribution in [0.3, 0.4) is 0 Å². The van der Waals surface area contributed by atoms with E-state index < -0.39 is 0 Å². The predicted molar refractivity (Wildman–Crippen MR) is 64.1 cm³/mol. The summed E-state index contributed by atoms with van der Waals surface area (Å²) in [5, 5.41) is 0.919. The van der Waals surface area contributed by atoms with Gasteiger partial charge in [0, 0.05) is 12.1 Å². The van der Waals surface area contributed by atoms with Crippen molar-refractivity contribution in [2.75, 3.05) is 18.6 Å². The van der Waals surface area contributed by atoms with Crippen LogP contribution < -0.4 is 4.90 Å². The Morgan fingerprint density at radius 1 is 1.62 bits per heavy atom. The van der Waals surface area contributed by atoms with Crippen molar-refractivity contribution < 1.29 is 9.53 Å². The van der Waals surface area contributed by atoms with Crippen LogP contribution in [0, 0.1) is 0 Å². The highest BCUT2D eigenvalue weighted by Crippen LogP contribution is 2.35. The molecule has 0 aromatic carbocycles. The zero-order valence-electron chi connectivity index (χ0n) is 9.82. The first-order valence-corrected chi connectivity index (χ1v) is 6.18. The molecule has 4 nitrogen and oxygen atoms in total. The molecule has 0 saturated carbocycles. The molecule has 1 aromatic rings. The molecule has 0 bridgehead atoms. The minimum Gasteiger partial charge on any atom is -0.465 e. The van der Waals surface area contributed by atoms with Gasteiger partial charge in [-0.15, -0.1) is 0 Å². The van der Waals surface area contributed by atoms with Crippen LogP contribution in [-0.2, 0) is 4.74 Å². The number of hydrogen-bond acceptors (Lipinski definition) is 5. The summed E-state index contributed by atoms with van der Waals surface area (Å²) in [6.07, 6.45) is 3.94. The Kier molecular flexibility index (Phi) is 2.88. The minimum absolute atomic E-state index is 0.144. The van der Waals surface area contributed by atoms with Crippen LogP contribution in [0.1, 0.15) is 36.4 Å². The molecule has 0 atom stereocenters. The summed E-state index contributed by atoms with van der Waals surface area (Å²) < 4.78 is 4.68. The lowest BCUT2D eigenvalue weighted by atomic mass is 10.0. The number of nitrogens with zero attached hydrogens (tertiary/aromatic N) is 2. The van der Waals surface area contributed by atoms with Crippen LogP contribution in [0.2, 0.25) is 0 Å². The maximum atomic E-state index is 11.3. The summed E-state index contributed by atoms with van der Waals surface area (Å²) in [5.74, 6) is -0.305. The number of carbonyl (C=O) groups is 1. The van der Waals surface area contributed by atoms with Crippen LogP contribution >= 0.6 is 11.3 Å². The Morgan fingerprint density at radius 2 is 2.38 bits per heavy atom. The van der Waals surface area contributed by atoms with Crippen molar-refractivity contribution in [1.29, 1.82) is 0 Å². The number of rotatable bonds is 2. The second-order valence-corrected chi connectivity index (χ2v) is 5.58. The molecule has 0 radical (unpaired) electrons. The van der Waals surface area contributed by atoms with Crippen LogP contribution in [0.5, 0.6) is 0 Å². The van der Waals surface area contributed by atoms with E-state index in [1.54, 1.807) is 6.20 Å². The van der Waals surface area contributed by atoms with E-state index in [2.05, 4.69) is 28.5 Å². The number of hydrogen-bond donors (Lipinski definition) is 0. The Morgan fingerprint density at radius 3 is 2.94 bits per heavy atom. The third-order valence-corrected chi connectivity index (χ3v) is 4.01. The van der Waals surface area contributed by atoms with Gasteiger partial charge in [0.2, 0.25) is 0 Å². The topological polar surface area (TPSA) is 42.4 Å². The number of aromatic nitrogens is 1. The molecule has 0 amide bonds. The normalized spacial score (nSPS) is 18.8. The van der Waals surface area contributed by atoms with Gasteiger partial charge in [-0.2, -0.15) is 0 Å². The molecule has 1 fully saturated rings. The van der Waals surface area contributed by atoms with E-state index >= 15 is 0 Å². The van der Waals surface area contributed by atoms with Crippen molar-refractivity contribution in [2.45, 2.75) is 32.2 Å². The van der Waals surface area contributed by atoms with E-state index in [4.69, 9.17) is 0 Å². The smallest absolute Gasteiger partial charge is 0.349 e. The van der Waals surface area contributed by atoms with Crippen LogP contribution in [0.4, 0.5) is 5.13 Å². The average Bonchev–Trinajstić information content (AvgIpc) is 2.82. The van der Waals surface area contributed by atoms with Gasteiger partial charge < -0.3 is 9.64 Å². The molecule has 0 N–H and O–H groups in total. The van der Waals surface area contributed by atoms with Crippen molar-refractivity contribution >= 4 is 22.4 Å². The molecular formula is C11H16N2O2S. The minimum atomic E-state index is -0.305. The number of carbonyl (C=O) groups excluding carboxylic acids is 1. The quantitative estimate of drug-likeness (QED) is 0.744. The third kappa shape index (κ3) is 1.91. The third-order valence-electron chi connectivity index (χ3n) is 3.01. The Balaban J connectivity index is 2.22. The van der Waals surface area contributed by atoms with Gasteiger partial charge in [0.25, 0.3) is 0 Å². The molecule has 0 unspecified atom stereocenters. The standard InChI is InChI=1S/C11H16N2O2S/c1-11(2)5-4-6-13(11)10-12-7-8(16-10)9(14)15-3/h7H,4-6H2,1-3H3. The zero-order valence-corrected chi connectivity index (χ0v) is 10.6.